The zero-order valence-electron chi connectivity index (χ0n) is 14.5. The van der Waals surface area contributed by atoms with Gasteiger partial charge >= 0.3 is 0 Å². The van der Waals surface area contributed by atoms with Crippen LogP contribution < -0.4 is 4.90 Å². The second-order valence-electron chi connectivity index (χ2n) is 6.22. The van der Waals surface area contributed by atoms with Crippen molar-refractivity contribution in [2.45, 2.75) is 13.3 Å². The zero-order valence-corrected chi connectivity index (χ0v) is 14.5. The number of carbonyl (C=O) groups excluding carboxylic acids is 1. The summed E-state index contributed by atoms with van der Waals surface area (Å²) in [7, 11) is 0. The highest BCUT2D eigenvalue weighted by atomic mass is 19.1. The van der Waals surface area contributed by atoms with E-state index in [1.54, 1.807) is 4.90 Å². The maximum absolute atomic E-state index is 14.2. The average Bonchev–Trinajstić information content (AvgIpc) is 2.67. The number of hydrogen-bond donors (Lipinski definition) is 0. The predicted molar refractivity (Wildman–Crippen MR) is 97.0 cm³/mol. The number of aryl methyl sites for hydroxylation is 1. The lowest BCUT2D eigenvalue weighted by molar-refractivity contribution is -0.385. The van der Waals surface area contributed by atoms with E-state index in [1.165, 1.54) is 17.7 Å². The van der Waals surface area contributed by atoms with Crippen molar-refractivity contribution < 1.29 is 14.1 Å². The number of nitro groups is 1. The van der Waals surface area contributed by atoms with Crippen LogP contribution in [0.4, 0.5) is 15.8 Å². The van der Waals surface area contributed by atoms with Gasteiger partial charge in [0.1, 0.15) is 0 Å². The van der Waals surface area contributed by atoms with Gasteiger partial charge in [-0.1, -0.05) is 19.1 Å². The van der Waals surface area contributed by atoms with Gasteiger partial charge in [0, 0.05) is 37.8 Å². The molecule has 2 aromatic carbocycles. The Morgan fingerprint density at radius 2 is 1.77 bits per heavy atom. The minimum absolute atomic E-state index is 0.0310. The first kappa shape index (κ1) is 17.8. The van der Waals surface area contributed by atoms with E-state index in [-0.39, 0.29) is 11.6 Å². The SMILES string of the molecule is CCc1ccc(C(=O)N2CCN(c3ccc([N+](=O)[O-])cc3F)CC2)cc1. The van der Waals surface area contributed by atoms with Crippen LogP contribution in [0.1, 0.15) is 22.8 Å². The Labute approximate surface area is 151 Å². The van der Waals surface area contributed by atoms with Gasteiger partial charge in [-0.05, 0) is 30.2 Å². The molecule has 26 heavy (non-hydrogen) atoms. The van der Waals surface area contributed by atoms with Crippen molar-refractivity contribution in [3.8, 4) is 0 Å². The summed E-state index contributed by atoms with van der Waals surface area (Å²) < 4.78 is 14.2. The normalized spacial score (nSPS) is 14.4. The highest BCUT2D eigenvalue weighted by molar-refractivity contribution is 5.94. The third-order valence-electron chi connectivity index (χ3n) is 4.66. The number of nitrogens with zero attached hydrogens (tertiary/aromatic N) is 3. The van der Waals surface area contributed by atoms with Gasteiger partial charge in [-0.2, -0.15) is 0 Å². The Hall–Kier alpha value is -2.96. The summed E-state index contributed by atoms with van der Waals surface area (Å²) in [6, 6.07) is 11.2. The molecule has 0 unspecified atom stereocenters. The number of amides is 1. The van der Waals surface area contributed by atoms with Crippen LogP contribution in [0.3, 0.4) is 0 Å². The van der Waals surface area contributed by atoms with E-state index in [0.29, 0.717) is 37.4 Å². The van der Waals surface area contributed by atoms with Gasteiger partial charge in [-0.3, -0.25) is 14.9 Å². The van der Waals surface area contributed by atoms with E-state index in [1.807, 2.05) is 29.2 Å². The highest BCUT2D eigenvalue weighted by Crippen LogP contribution is 2.25. The van der Waals surface area contributed by atoms with Crippen LogP contribution in [0.5, 0.6) is 0 Å². The minimum Gasteiger partial charge on any atom is -0.366 e. The molecule has 0 saturated carbocycles. The maximum atomic E-state index is 14.2. The van der Waals surface area contributed by atoms with Crippen molar-refractivity contribution in [1.29, 1.82) is 0 Å². The Bertz CT molecular complexity index is 815. The van der Waals surface area contributed by atoms with E-state index in [9.17, 15) is 19.3 Å². The van der Waals surface area contributed by atoms with Gasteiger partial charge in [0.25, 0.3) is 11.6 Å². The standard InChI is InChI=1S/C19H20FN3O3/c1-2-14-3-5-15(6-4-14)19(24)22-11-9-21(10-12-22)18-8-7-16(23(25)26)13-17(18)20/h3-8,13H,2,9-12H2,1H3. The van der Waals surface area contributed by atoms with E-state index in [2.05, 4.69) is 6.92 Å². The fourth-order valence-corrected chi connectivity index (χ4v) is 3.08. The summed E-state index contributed by atoms with van der Waals surface area (Å²) in [5.41, 5.74) is 1.89. The molecule has 6 nitrogen and oxygen atoms in total. The van der Waals surface area contributed by atoms with Crippen LogP contribution in [0.25, 0.3) is 0 Å². The Kier molecular flexibility index (Phi) is 5.16. The van der Waals surface area contributed by atoms with E-state index < -0.39 is 10.7 Å². The lowest BCUT2D eigenvalue weighted by atomic mass is 10.1. The molecule has 0 spiro atoms. The molecule has 136 valence electrons. The van der Waals surface area contributed by atoms with Crippen molar-refractivity contribution in [2.24, 2.45) is 0 Å². The molecular formula is C19H20FN3O3. The molecule has 1 aliphatic heterocycles. The van der Waals surface area contributed by atoms with E-state index in [4.69, 9.17) is 0 Å². The van der Waals surface area contributed by atoms with Crippen molar-refractivity contribution >= 4 is 17.3 Å². The second-order valence-corrected chi connectivity index (χ2v) is 6.22. The molecule has 0 bridgehead atoms. The Morgan fingerprint density at radius 1 is 1.12 bits per heavy atom. The van der Waals surface area contributed by atoms with Crippen molar-refractivity contribution in [3.05, 3.63) is 69.5 Å². The summed E-state index contributed by atoms with van der Waals surface area (Å²) in [6.45, 7) is 3.98. The molecule has 0 aromatic heterocycles. The Morgan fingerprint density at radius 3 is 2.31 bits per heavy atom. The number of hydrogen-bond acceptors (Lipinski definition) is 4. The van der Waals surface area contributed by atoms with Crippen LogP contribution in [0.2, 0.25) is 0 Å². The smallest absolute Gasteiger partial charge is 0.272 e. The van der Waals surface area contributed by atoms with Gasteiger partial charge in [0.05, 0.1) is 16.7 Å². The number of rotatable bonds is 4. The first-order valence-electron chi connectivity index (χ1n) is 8.56. The van der Waals surface area contributed by atoms with E-state index >= 15 is 0 Å². The molecule has 0 N–H and O–H groups in total. The number of carbonyl (C=O) groups is 1. The zero-order chi connectivity index (χ0) is 18.7. The van der Waals surface area contributed by atoms with Crippen molar-refractivity contribution in [3.63, 3.8) is 0 Å². The van der Waals surface area contributed by atoms with Crippen molar-refractivity contribution in [1.82, 2.24) is 4.90 Å². The molecule has 1 fully saturated rings. The number of benzene rings is 2. The van der Waals surface area contributed by atoms with Crippen LogP contribution in [-0.2, 0) is 6.42 Å². The van der Waals surface area contributed by atoms with Crippen molar-refractivity contribution in [2.75, 3.05) is 31.1 Å². The molecule has 0 aliphatic carbocycles. The fourth-order valence-electron chi connectivity index (χ4n) is 3.08. The predicted octanol–water partition coefficient (Wildman–Crippen LogP) is 3.26. The van der Waals surface area contributed by atoms with Gasteiger partial charge < -0.3 is 9.80 Å². The summed E-state index contributed by atoms with van der Waals surface area (Å²) in [4.78, 5) is 26.2. The lowest BCUT2D eigenvalue weighted by Crippen LogP contribution is -2.49. The number of halogens is 1. The molecule has 1 heterocycles. The maximum Gasteiger partial charge on any atom is 0.272 e. The molecule has 3 rings (SSSR count). The lowest BCUT2D eigenvalue weighted by Gasteiger charge is -2.36. The third kappa shape index (κ3) is 3.66. The largest absolute Gasteiger partial charge is 0.366 e. The summed E-state index contributed by atoms with van der Waals surface area (Å²) in [5.74, 6) is -0.648. The molecule has 7 heteroatoms. The monoisotopic (exact) mass is 357 g/mol. The molecule has 0 atom stereocenters. The minimum atomic E-state index is -0.618. The van der Waals surface area contributed by atoms with Crippen LogP contribution in [-0.4, -0.2) is 41.9 Å². The van der Waals surface area contributed by atoms with Gasteiger partial charge in [-0.15, -0.1) is 0 Å². The number of nitro benzene ring substituents is 1. The van der Waals surface area contributed by atoms with Crippen LogP contribution >= 0.6 is 0 Å². The molecule has 1 aliphatic rings. The number of piperazine rings is 1. The average molecular weight is 357 g/mol. The van der Waals surface area contributed by atoms with Crippen LogP contribution in [0.15, 0.2) is 42.5 Å². The van der Waals surface area contributed by atoms with Gasteiger partial charge in [0.15, 0.2) is 5.82 Å². The molecular weight excluding hydrogens is 337 g/mol. The molecule has 1 saturated heterocycles. The fraction of sp³-hybridized carbons (Fsp3) is 0.316. The summed E-state index contributed by atoms with van der Waals surface area (Å²) in [5, 5.41) is 10.7. The molecule has 2 aromatic rings. The Balaban J connectivity index is 1.65. The first-order chi connectivity index (χ1) is 12.5. The number of anilines is 1. The molecule has 0 radical (unpaired) electrons. The number of non-ortho nitro benzene ring substituents is 1. The summed E-state index contributed by atoms with van der Waals surface area (Å²) >= 11 is 0. The van der Waals surface area contributed by atoms with Crippen LogP contribution in [0, 0.1) is 15.9 Å². The first-order valence-corrected chi connectivity index (χ1v) is 8.56. The van der Waals surface area contributed by atoms with Gasteiger partial charge in [0.2, 0.25) is 0 Å². The quantitative estimate of drug-likeness (QED) is 0.622. The topological polar surface area (TPSA) is 66.7 Å². The third-order valence-corrected chi connectivity index (χ3v) is 4.66. The van der Waals surface area contributed by atoms with Gasteiger partial charge in [-0.25, -0.2) is 4.39 Å². The summed E-state index contributed by atoms with van der Waals surface area (Å²) in [6.07, 6.45) is 0.925. The van der Waals surface area contributed by atoms with E-state index in [0.717, 1.165) is 12.5 Å². The second kappa shape index (κ2) is 7.51. The molecule has 1 amide bonds. The highest BCUT2D eigenvalue weighted by Gasteiger charge is 2.24.